The summed E-state index contributed by atoms with van der Waals surface area (Å²) >= 11 is 0. The van der Waals surface area contributed by atoms with Gasteiger partial charge >= 0.3 is 0 Å². The van der Waals surface area contributed by atoms with Gasteiger partial charge in [0.05, 0.1) is 0 Å². The maximum atomic E-state index is 5.32. The summed E-state index contributed by atoms with van der Waals surface area (Å²) in [4.78, 5) is 0. The molecule has 0 saturated carbocycles. The van der Waals surface area contributed by atoms with Gasteiger partial charge in [-0.15, -0.1) is 0 Å². The van der Waals surface area contributed by atoms with Crippen LogP contribution in [-0.2, 0) is 14.2 Å². The third-order valence-electron chi connectivity index (χ3n) is 2.19. The van der Waals surface area contributed by atoms with Gasteiger partial charge in [0.25, 0.3) is 0 Å². The number of rotatable bonds is 8. The van der Waals surface area contributed by atoms with Gasteiger partial charge in [-0.1, -0.05) is 13.8 Å². The molecule has 0 spiro atoms. The number of hydrogen-bond acceptors (Lipinski definition) is 3. The first kappa shape index (κ1) is 14.1. The third kappa shape index (κ3) is 5.10. The Hall–Kier alpha value is 0.0969. The van der Waals surface area contributed by atoms with Gasteiger partial charge in [0.2, 0.25) is 0 Å². The van der Waals surface area contributed by atoms with Crippen LogP contribution >= 0.6 is 0 Å². The van der Waals surface area contributed by atoms with E-state index in [-0.39, 0.29) is 0 Å². The number of hydrogen-bond donors (Lipinski definition) is 0. The lowest BCUT2D eigenvalue weighted by Crippen LogP contribution is -2.51. The van der Waals surface area contributed by atoms with Crippen molar-refractivity contribution < 1.29 is 14.2 Å². The van der Waals surface area contributed by atoms with Gasteiger partial charge < -0.3 is 14.2 Å². The summed E-state index contributed by atoms with van der Waals surface area (Å²) in [5, 5.41) is 0. The Bertz CT molecular complexity index is 122. The minimum atomic E-state index is -1.53. The van der Waals surface area contributed by atoms with Crippen LogP contribution in [0.15, 0.2) is 0 Å². The highest BCUT2D eigenvalue weighted by Crippen LogP contribution is 2.18. The second-order valence-electron chi connectivity index (χ2n) is 4.40. The molecule has 14 heavy (non-hydrogen) atoms. The smallest absolute Gasteiger partial charge is 0.141 e. The van der Waals surface area contributed by atoms with Crippen molar-refractivity contribution in [1.29, 1.82) is 0 Å². The van der Waals surface area contributed by atoms with Crippen molar-refractivity contribution >= 4 is 8.07 Å². The van der Waals surface area contributed by atoms with E-state index in [9.17, 15) is 0 Å². The topological polar surface area (TPSA) is 27.7 Å². The van der Waals surface area contributed by atoms with Gasteiger partial charge in [0.1, 0.15) is 8.07 Å². The largest absolute Gasteiger partial charge is 0.388 e. The van der Waals surface area contributed by atoms with Crippen molar-refractivity contribution in [2.75, 3.05) is 40.0 Å². The van der Waals surface area contributed by atoms with E-state index in [2.05, 4.69) is 13.8 Å². The Morgan fingerprint density at radius 3 is 1.43 bits per heavy atom. The van der Waals surface area contributed by atoms with Crippen molar-refractivity contribution in [3.05, 3.63) is 0 Å². The van der Waals surface area contributed by atoms with E-state index in [0.717, 1.165) is 18.7 Å². The fourth-order valence-corrected chi connectivity index (χ4v) is 6.26. The van der Waals surface area contributed by atoms with Crippen molar-refractivity contribution in [1.82, 2.24) is 0 Å². The van der Waals surface area contributed by atoms with Crippen molar-refractivity contribution in [2.24, 2.45) is 5.92 Å². The Morgan fingerprint density at radius 2 is 1.21 bits per heavy atom. The number of ether oxygens (including phenoxy) is 3. The molecule has 0 aromatic carbocycles. The predicted octanol–water partition coefficient (Wildman–Crippen LogP) is 1.65. The van der Waals surface area contributed by atoms with Crippen LogP contribution in [0.5, 0.6) is 0 Å². The van der Waals surface area contributed by atoms with Crippen LogP contribution in [0.4, 0.5) is 0 Å². The monoisotopic (exact) mass is 220 g/mol. The summed E-state index contributed by atoms with van der Waals surface area (Å²) in [6.45, 7) is 4.48. The zero-order chi connectivity index (χ0) is 11.0. The molecule has 0 aromatic rings. The zero-order valence-corrected chi connectivity index (χ0v) is 11.1. The van der Waals surface area contributed by atoms with E-state index in [1.165, 1.54) is 6.04 Å². The van der Waals surface area contributed by atoms with Crippen LogP contribution in [0.25, 0.3) is 0 Å². The maximum Gasteiger partial charge on any atom is 0.141 e. The summed E-state index contributed by atoms with van der Waals surface area (Å²) < 4.78 is 15.9. The molecular weight excluding hydrogens is 196 g/mol. The fraction of sp³-hybridized carbons (Fsp3) is 1.00. The summed E-state index contributed by atoms with van der Waals surface area (Å²) in [6, 6.07) is 1.20. The molecule has 3 nitrogen and oxygen atoms in total. The van der Waals surface area contributed by atoms with E-state index >= 15 is 0 Å². The normalized spacial score (nSPS) is 12.4. The van der Waals surface area contributed by atoms with Crippen molar-refractivity contribution in [2.45, 2.75) is 19.9 Å². The first-order valence-electron chi connectivity index (χ1n) is 5.07. The van der Waals surface area contributed by atoms with Gasteiger partial charge in [-0.25, -0.2) is 0 Å². The second-order valence-corrected chi connectivity index (χ2v) is 8.67. The Kier molecular flexibility index (Phi) is 7.45. The standard InChI is InChI=1S/C10H24O3Si/c1-10(2)6-14(7-11-3,8-12-4)9-13-5/h10H,6-9H2,1-5H3. The summed E-state index contributed by atoms with van der Waals surface area (Å²) in [7, 11) is 3.75. The lowest BCUT2D eigenvalue weighted by molar-refractivity contribution is 0.187. The van der Waals surface area contributed by atoms with E-state index in [4.69, 9.17) is 14.2 Å². The Labute approximate surface area is 88.7 Å². The summed E-state index contributed by atoms with van der Waals surface area (Å²) in [5.41, 5.74) is 0. The van der Waals surface area contributed by atoms with Gasteiger partial charge in [0.15, 0.2) is 0 Å². The molecular formula is C10H24O3Si. The minimum absolute atomic E-state index is 0.683. The third-order valence-corrected chi connectivity index (χ3v) is 6.58. The molecule has 0 aliphatic rings. The molecule has 0 aromatic heterocycles. The molecule has 0 aliphatic carbocycles. The molecule has 4 heteroatoms. The molecule has 0 heterocycles. The molecule has 0 saturated heterocycles. The van der Waals surface area contributed by atoms with Gasteiger partial charge in [0, 0.05) is 40.0 Å². The average molecular weight is 220 g/mol. The predicted molar refractivity (Wildman–Crippen MR) is 61.0 cm³/mol. The van der Waals surface area contributed by atoms with Crippen LogP contribution in [0.2, 0.25) is 6.04 Å². The SMILES string of the molecule is COC[Si](COC)(COC)CC(C)C. The molecule has 0 radical (unpaired) electrons. The van der Waals surface area contributed by atoms with Crippen molar-refractivity contribution in [3.8, 4) is 0 Å². The number of methoxy groups -OCH3 is 3. The molecule has 0 N–H and O–H groups in total. The molecule has 0 atom stereocenters. The average Bonchev–Trinajstić information content (AvgIpc) is 2.03. The lowest BCUT2D eigenvalue weighted by Gasteiger charge is -2.30. The van der Waals surface area contributed by atoms with E-state index < -0.39 is 8.07 Å². The molecule has 0 fully saturated rings. The van der Waals surface area contributed by atoms with Crippen LogP contribution in [-0.4, -0.2) is 48.1 Å². The molecule has 0 bridgehead atoms. The quantitative estimate of drug-likeness (QED) is 0.582. The van der Waals surface area contributed by atoms with Crippen LogP contribution in [0, 0.1) is 5.92 Å². The molecule has 0 amide bonds. The molecule has 0 rings (SSSR count). The highest BCUT2D eigenvalue weighted by Gasteiger charge is 2.34. The van der Waals surface area contributed by atoms with E-state index in [1.54, 1.807) is 21.3 Å². The minimum Gasteiger partial charge on any atom is -0.388 e. The van der Waals surface area contributed by atoms with Crippen LogP contribution < -0.4 is 0 Å². The first-order chi connectivity index (χ1) is 6.60. The van der Waals surface area contributed by atoms with E-state index in [1.807, 2.05) is 0 Å². The van der Waals surface area contributed by atoms with Crippen molar-refractivity contribution in [3.63, 3.8) is 0 Å². The van der Waals surface area contributed by atoms with Gasteiger partial charge in [-0.2, -0.15) is 0 Å². The first-order valence-corrected chi connectivity index (χ1v) is 7.90. The summed E-state index contributed by atoms with van der Waals surface area (Å²) in [6.07, 6.45) is 2.48. The Balaban J connectivity index is 4.37. The van der Waals surface area contributed by atoms with Gasteiger partial charge in [-0.05, 0) is 12.0 Å². The highest BCUT2D eigenvalue weighted by atomic mass is 28.3. The van der Waals surface area contributed by atoms with Crippen LogP contribution in [0.1, 0.15) is 13.8 Å². The van der Waals surface area contributed by atoms with Crippen LogP contribution in [0.3, 0.4) is 0 Å². The maximum absolute atomic E-state index is 5.32. The molecule has 0 unspecified atom stereocenters. The molecule has 0 aliphatic heterocycles. The fourth-order valence-electron chi connectivity index (χ4n) is 2.09. The summed E-state index contributed by atoms with van der Waals surface area (Å²) in [5.74, 6) is 0.683. The molecule has 86 valence electrons. The Morgan fingerprint density at radius 1 is 0.857 bits per heavy atom. The highest BCUT2D eigenvalue weighted by molar-refractivity contribution is 6.79. The van der Waals surface area contributed by atoms with Gasteiger partial charge in [-0.3, -0.25) is 0 Å². The second kappa shape index (κ2) is 7.40. The zero-order valence-electron chi connectivity index (χ0n) is 10.1. The lowest BCUT2D eigenvalue weighted by atomic mass is 10.3. The van der Waals surface area contributed by atoms with E-state index in [0.29, 0.717) is 5.92 Å².